The van der Waals surface area contributed by atoms with Crippen molar-refractivity contribution in [3.05, 3.63) is 0 Å². The monoisotopic (exact) mass is 291 g/mol. The van der Waals surface area contributed by atoms with Gasteiger partial charge in [0.25, 0.3) is 5.91 Å². The van der Waals surface area contributed by atoms with Crippen LogP contribution >= 0.6 is 0 Å². The summed E-state index contributed by atoms with van der Waals surface area (Å²) in [4.78, 5) is 21.3. The van der Waals surface area contributed by atoms with Crippen molar-refractivity contribution in [2.45, 2.75) is 37.8 Å². The molecule has 1 N–H and O–H groups in total. The lowest BCUT2D eigenvalue weighted by atomic mass is 10.2. The molecule has 19 heavy (non-hydrogen) atoms. The molecule has 0 spiro atoms. The molecule has 0 radical (unpaired) electrons. The number of alkyl halides is 5. The summed E-state index contributed by atoms with van der Waals surface area (Å²) < 4.78 is 64.6. The average Bonchev–Trinajstić information content (AvgIpc) is 2.31. The molecule has 0 aromatic heterocycles. The van der Waals surface area contributed by atoms with Crippen LogP contribution in [0.1, 0.15) is 25.7 Å². The summed E-state index contributed by atoms with van der Waals surface area (Å²) in [6.45, 7) is -0.314. The maximum atomic E-state index is 12.5. The van der Waals surface area contributed by atoms with E-state index in [2.05, 4.69) is 4.74 Å². The maximum Gasteiger partial charge on any atom is 0.463 e. The molecular weight excluding hydrogens is 277 g/mol. The first kappa shape index (κ1) is 17.6. The van der Waals surface area contributed by atoms with Crippen molar-refractivity contribution in [3.8, 4) is 0 Å². The quantitative estimate of drug-likeness (QED) is 0.443. The van der Waals surface area contributed by atoms with Gasteiger partial charge < -0.3 is 10.1 Å². The summed E-state index contributed by atoms with van der Waals surface area (Å²) in [6.07, 6.45) is -4.78. The number of rotatable bonds is 7. The molecule has 0 aromatic carbocycles. The third-order valence-electron chi connectivity index (χ3n) is 2.21. The molecule has 0 aliphatic heterocycles. The zero-order valence-electron chi connectivity index (χ0n) is 10.2. The Morgan fingerprint density at radius 3 is 2.11 bits per heavy atom. The van der Waals surface area contributed by atoms with Gasteiger partial charge in [0.2, 0.25) is 0 Å². The smallest absolute Gasteiger partial charge is 0.463 e. The molecule has 0 aromatic rings. The van der Waals surface area contributed by atoms with Crippen LogP contribution in [0.4, 0.5) is 22.0 Å². The predicted molar refractivity (Wildman–Crippen MR) is 54.5 cm³/mol. The fraction of sp³-hybridized carbons (Fsp3) is 0.800. The fourth-order valence-electron chi connectivity index (χ4n) is 1.11. The van der Waals surface area contributed by atoms with Crippen LogP contribution in [0, 0.1) is 0 Å². The van der Waals surface area contributed by atoms with E-state index in [4.69, 9.17) is 0 Å². The van der Waals surface area contributed by atoms with Gasteiger partial charge in [0.15, 0.2) is 0 Å². The molecule has 0 unspecified atom stereocenters. The first-order chi connectivity index (χ1) is 8.63. The number of esters is 1. The third kappa shape index (κ3) is 5.84. The summed E-state index contributed by atoms with van der Waals surface area (Å²) in [6, 6.07) is 0. The molecule has 0 saturated carbocycles. The lowest BCUT2D eigenvalue weighted by Crippen LogP contribution is -2.50. The fourth-order valence-corrected chi connectivity index (χ4v) is 1.11. The highest BCUT2D eigenvalue weighted by Crippen LogP contribution is 2.35. The standard InChI is InChI=1S/C10H14F5NO3/c1-19-7(17)5-3-2-4-6-16-8(18)9(11,12)10(13,14)15/h2-6H2,1H3,(H,16,18). The van der Waals surface area contributed by atoms with E-state index in [0.29, 0.717) is 12.8 Å². The number of unbranched alkanes of at least 4 members (excludes halogenated alkanes) is 2. The van der Waals surface area contributed by atoms with E-state index in [0.717, 1.165) is 0 Å². The summed E-state index contributed by atoms with van der Waals surface area (Å²) in [7, 11) is 1.21. The number of nitrogens with one attached hydrogen (secondary N) is 1. The maximum absolute atomic E-state index is 12.5. The van der Waals surface area contributed by atoms with E-state index in [1.807, 2.05) is 0 Å². The van der Waals surface area contributed by atoms with Crippen LogP contribution < -0.4 is 5.32 Å². The minimum absolute atomic E-state index is 0.128. The van der Waals surface area contributed by atoms with Crippen LogP contribution in [0.2, 0.25) is 0 Å². The predicted octanol–water partition coefficient (Wildman–Crippen LogP) is 2.03. The van der Waals surface area contributed by atoms with Crippen molar-refractivity contribution >= 4 is 11.9 Å². The van der Waals surface area contributed by atoms with Crippen molar-refractivity contribution < 1.29 is 36.3 Å². The van der Waals surface area contributed by atoms with Gasteiger partial charge in [-0.1, -0.05) is 6.42 Å². The number of hydrogen-bond acceptors (Lipinski definition) is 3. The van der Waals surface area contributed by atoms with E-state index in [-0.39, 0.29) is 19.4 Å². The first-order valence-electron chi connectivity index (χ1n) is 5.42. The zero-order valence-corrected chi connectivity index (χ0v) is 10.2. The molecule has 4 nitrogen and oxygen atoms in total. The van der Waals surface area contributed by atoms with Gasteiger partial charge in [-0.05, 0) is 12.8 Å². The van der Waals surface area contributed by atoms with Gasteiger partial charge in [0, 0.05) is 13.0 Å². The summed E-state index contributed by atoms with van der Waals surface area (Å²) in [5.41, 5.74) is 0. The minimum Gasteiger partial charge on any atom is -0.469 e. The SMILES string of the molecule is COC(=O)CCCCCNC(=O)C(F)(F)C(F)(F)F. The highest BCUT2D eigenvalue weighted by atomic mass is 19.4. The molecule has 0 aliphatic rings. The van der Waals surface area contributed by atoms with Crippen LogP contribution in [-0.2, 0) is 14.3 Å². The molecule has 0 rings (SSSR count). The van der Waals surface area contributed by atoms with E-state index in [1.54, 1.807) is 0 Å². The Labute approximate surface area is 106 Å². The number of methoxy groups -OCH3 is 1. The summed E-state index contributed by atoms with van der Waals surface area (Å²) in [5, 5.41) is 1.51. The topological polar surface area (TPSA) is 55.4 Å². The summed E-state index contributed by atoms with van der Waals surface area (Å²) in [5.74, 6) is -8.19. The molecule has 0 aliphatic carbocycles. The van der Waals surface area contributed by atoms with Crippen molar-refractivity contribution in [3.63, 3.8) is 0 Å². The van der Waals surface area contributed by atoms with Gasteiger partial charge in [0.1, 0.15) is 0 Å². The minimum atomic E-state index is -5.90. The Morgan fingerprint density at radius 1 is 1.05 bits per heavy atom. The van der Waals surface area contributed by atoms with Crippen molar-refractivity contribution in [2.24, 2.45) is 0 Å². The zero-order chi connectivity index (χ0) is 15.1. The number of amides is 1. The van der Waals surface area contributed by atoms with Gasteiger partial charge in [-0.2, -0.15) is 22.0 Å². The van der Waals surface area contributed by atoms with E-state index in [9.17, 15) is 31.5 Å². The lowest BCUT2D eigenvalue weighted by molar-refractivity contribution is -0.269. The van der Waals surface area contributed by atoms with Gasteiger partial charge in [-0.15, -0.1) is 0 Å². The Hall–Kier alpha value is -1.41. The highest BCUT2D eigenvalue weighted by Gasteiger charge is 2.63. The van der Waals surface area contributed by atoms with Crippen molar-refractivity contribution in [1.82, 2.24) is 5.32 Å². The van der Waals surface area contributed by atoms with Crippen molar-refractivity contribution in [2.75, 3.05) is 13.7 Å². The largest absolute Gasteiger partial charge is 0.469 e. The molecule has 112 valence electrons. The van der Waals surface area contributed by atoms with Crippen LogP contribution in [0.15, 0.2) is 0 Å². The van der Waals surface area contributed by atoms with E-state index in [1.165, 1.54) is 12.4 Å². The lowest BCUT2D eigenvalue weighted by Gasteiger charge is -2.18. The average molecular weight is 291 g/mol. The second-order valence-corrected chi connectivity index (χ2v) is 3.71. The molecular formula is C10H14F5NO3. The Balaban J connectivity index is 3.85. The number of carbonyl (C=O) groups excluding carboxylic acids is 2. The van der Waals surface area contributed by atoms with Crippen LogP contribution in [0.3, 0.4) is 0 Å². The summed E-state index contributed by atoms with van der Waals surface area (Å²) >= 11 is 0. The number of hydrogen-bond donors (Lipinski definition) is 1. The molecule has 0 bridgehead atoms. The second kappa shape index (κ2) is 7.25. The van der Waals surface area contributed by atoms with E-state index < -0.39 is 24.0 Å². The Bertz CT molecular complexity index is 317. The first-order valence-corrected chi connectivity index (χ1v) is 5.42. The number of halogens is 5. The van der Waals surface area contributed by atoms with Crippen molar-refractivity contribution in [1.29, 1.82) is 0 Å². The third-order valence-corrected chi connectivity index (χ3v) is 2.21. The molecule has 0 atom stereocenters. The van der Waals surface area contributed by atoms with Gasteiger partial charge in [-0.25, -0.2) is 0 Å². The highest BCUT2D eigenvalue weighted by molar-refractivity contribution is 5.84. The Kier molecular flexibility index (Phi) is 6.71. The second-order valence-electron chi connectivity index (χ2n) is 3.71. The molecule has 9 heteroatoms. The molecule has 0 saturated heterocycles. The normalized spacial score (nSPS) is 12.1. The Morgan fingerprint density at radius 2 is 1.63 bits per heavy atom. The van der Waals surface area contributed by atoms with Crippen LogP contribution in [-0.4, -0.2) is 37.6 Å². The number of ether oxygens (including phenoxy) is 1. The van der Waals surface area contributed by atoms with Gasteiger partial charge >= 0.3 is 18.1 Å². The van der Waals surface area contributed by atoms with Gasteiger partial charge in [0.05, 0.1) is 7.11 Å². The van der Waals surface area contributed by atoms with Gasteiger partial charge in [-0.3, -0.25) is 9.59 Å². The number of carbonyl (C=O) groups is 2. The van der Waals surface area contributed by atoms with E-state index >= 15 is 0 Å². The molecule has 0 heterocycles. The van der Waals surface area contributed by atoms with Crippen LogP contribution in [0.25, 0.3) is 0 Å². The molecule has 1 amide bonds. The van der Waals surface area contributed by atoms with Crippen LogP contribution in [0.5, 0.6) is 0 Å². The molecule has 0 fully saturated rings.